The maximum absolute atomic E-state index is 13.0. The number of benzene rings is 2. The minimum Gasteiger partial charge on any atom is -0.497 e. The van der Waals surface area contributed by atoms with Crippen LogP contribution >= 0.6 is 0 Å². The number of halogens is 1. The van der Waals surface area contributed by atoms with E-state index in [0.717, 1.165) is 17.6 Å². The SMILES string of the molecule is COc1ccc(CNC(=O)CCN(Cc2ccc(F)cc2)S(C)(=O)=O)cc1. The Bertz CT molecular complexity index is 852. The number of rotatable bonds is 9. The maximum Gasteiger partial charge on any atom is 0.221 e. The molecule has 0 heterocycles. The van der Waals surface area contributed by atoms with Crippen molar-refractivity contribution >= 4 is 15.9 Å². The molecule has 0 radical (unpaired) electrons. The van der Waals surface area contributed by atoms with Gasteiger partial charge in [-0.1, -0.05) is 24.3 Å². The summed E-state index contributed by atoms with van der Waals surface area (Å²) in [5, 5.41) is 2.76. The van der Waals surface area contributed by atoms with E-state index in [1.54, 1.807) is 19.2 Å². The van der Waals surface area contributed by atoms with Crippen molar-refractivity contribution in [3.63, 3.8) is 0 Å². The quantitative estimate of drug-likeness (QED) is 0.708. The molecule has 6 nitrogen and oxygen atoms in total. The van der Waals surface area contributed by atoms with Gasteiger partial charge in [0.2, 0.25) is 15.9 Å². The topological polar surface area (TPSA) is 75.7 Å². The van der Waals surface area contributed by atoms with Gasteiger partial charge in [-0.3, -0.25) is 4.79 Å². The van der Waals surface area contributed by atoms with Crippen LogP contribution in [0.2, 0.25) is 0 Å². The summed E-state index contributed by atoms with van der Waals surface area (Å²) >= 11 is 0. The summed E-state index contributed by atoms with van der Waals surface area (Å²) in [7, 11) is -1.92. The van der Waals surface area contributed by atoms with Crippen molar-refractivity contribution < 1.29 is 22.3 Å². The molecule has 8 heteroatoms. The van der Waals surface area contributed by atoms with Gasteiger partial charge >= 0.3 is 0 Å². The Kier molecular flexibility index (Phi) is 7.32. The van der Waals surface area contributed by atoms with Crippen LogP contribution in [0.4, 0.5) is 4.39 Å². The third-order valence-corrected chi connectivity index (χ3v) is 5.23. The van der Waals surface area contributed by atoms with Gasteiger partial charge in [-0.05, 0) is 35.4 Å². The number of methoxy groups -OCH3 is 1. The first kappa shape index (κ1) is 20.9. The molecule has 0 aliphatic carbocycles. The number of ether oxygens (including phenoxy) is 1. The van der Waals surface area contributed by atoms with Crippen molar-refractivity contribution in [2.24, 2.45) is 0 Å². The molecule has 146 valence electrons. The number of carbonyl (C=O) groups excluding carboxylic acids is 1. The predicted octanol–water partition coefficient (Wildman–Crippen LogP) is 2.30. The molecule has 1 N–H and O–H groups in total. The molecular formula is C19H23FN2O4S. The second-order valence-corrected chi connectivity index (χ2v) is 8.08. The summed E-state index contributed by atoms with van der Waals surface area (Å²) in [6, 6.07) is 12.9. The van der Waals surface area contributed by atoms with Gasteiger partial charge in [0.05, 0.1) is 13.4 Å². The largest absolute Gasteiger partial charge is 0.497 e. The lowest BCUT2D eigenvalue weighted by Gasteiger charge is -2.20. The minimum atomic E-state index is -3.50. The molecule has 0 aliphatic heterocycles. The van der Waals surface area contributed by atoms with Crippen LogP contribution in [0, 0.1) is 5.82 Å². The van der Waals surface area contributed by atoms with Crippen molar-refractivity contribution in [2.45, 2.75) is 19.5 Å². The van der Waals surface area contributed by atoms with E-state index >= 15 is 0 Å². The summed E-state index contributed by atoms with van der Waals surface area (Å²) < 4.78 is 43.2. The van der Waals surface area contributed by atoms with Crippen molar-refractivity contribution in [3.8, 4) is 5.75 Å². The highest BCUT2D eigenvalue weighted by Crippen LogP contribution is 2.12. The first-order chi connectivity index (χ1) is 12.8. The molecule has 0 aliphatic rings. The second kappa shape index (κ2) is 9.48. The Labute approximate surface area is 159 Å². The number of nitrogens with zero attached hydrogens (tertiary/aromatic N) is 1. The average Bonchev–Trinajstić information content (AvgIpc) is 2.64. The molecule has 0 unspecified atom stereocenters. The first-order valence-corrected chi connectivity index (χ1v) is 10.2. The Balaban J connectivity index is 1.87. The first-order valence-electron chi connectivity index (χ1n) is 8.37. The molecular weight excluding hydrogens is 371 g/mol. The second-order valence-electron chi connectivity index (χ2n) is 6.10. The van der Waals surface area contributed by atoms with E-state index in [4.69, 9.17) is 4.74 Å². The highest BCUT2D eigenvalue weighted by molar-refractivity contribution is 7.88. The Hall–Kier alpha value is -2.45. The summed E-state index contributed by atoms with van der Waals surface area (Å²) in [5.41, 5.74) is 1.57. The van der Waals surface area contributed by atoms with Gasteiger partial charge in [-0.15, -0.1) is 0 Å². The van der Waals surface area contributed by atoms with Crippen LogP contribution in [-0.4, -0.2) is 38.5 Å². The van der Waals surface area contributed by atoms with Gasteiger partial charge < -0.3 is 10.1 Å². The maximum atomic E-state index is 13.0. The number of sulfonamides is 1. The smallest absolute Gasteiger partial charge is 0.221 e. The average molecular weight is 394 g/mol. The molecule has 2 aromatic rings. The molecule has 0 bridgehead atoms. The number of amides is 1. The fourth-order valence-electron chi connectivity index (χ4n) is 2.41. The lowest BCUT2D eigenvalue weighted by molar-refractivity contribution is -0.121. The highest BCUT2D eigenvalue weighted by atomic mass is 32.2. The van der Waals surface area contributed by atoms with Crippen molar-refractivity contribution in [2.75, 3.05) is 19.9 Å². The van der Waals surface area contributed by atoms with Gasteiger partial charge in [0.1, 0.15) is 11.6 Å². The zero-order chi connectivity index (χ0) is 19.9. The zero-order valence-electron chi connectivity index (χ0n) is 15.3. The van der Waals surface area contributed by atoms with Crippen LogP contribution in [-0.2, 0) is 27.9 Å². The number of nitrogens with one attached hydrogen (secondary N) is 1. The molecule has 0 saturated heterocycles. The van der Waals surface area contributed by atoms with Gasteiger partial charge in [0, 0.05) is 26.1 Å². The van der Waals surface area contributed by atoms with Crippen LogP contribution in [0.15, 0.2) is 48.5 Å². The van der Waals surface area contributed by atoms with Crippen molar-refractivity contribution in [1.29, 1.82) is 0 Å². The molecule has 0 aromatic heterocycles. The van der Waals surface area contributed by atoms with Crippen LogP contribution in [0.5, 0.6) is 5.75 Å². The number of hydrogen-bond acceptors (Lipinski definition) is 4. The Morgan fingerprint density at radius 3 is 2.22 bits per heavy atom. The summed E-state index contributed by atoms with van der Waals surface area (Å²) in [6.45, 7) is 0.481. The van der Waals surface area contributed by atoms with E-state index in [1.165, 1.54) is 28.6 Å². The highest BCUT2D eigenvalue weighted by Gasteiger charge is 2.18. The van der Waals surface area contributed by atoms with E-state index < -0.39 is 10.0 Å². The summed E-state index contributed by atoms with van der Waals surface area (Å²) in [6.07, 6.45) is 1.12. The zero-order valence-corrected chi connectivity index (χ0v) is 16.1. The third-order valence-electron chi connectivity index (χ3n) is 3.98. The molecule has 1 amide bonds. The monoisotopic (exact) mass is 394 g/mol. The standard InChI is InChI=1S/C19H23FN2O4S/c1-26-18-9-5-15(6-10-18)13-21-19(23)11-12-22(27(2,24)25)14-16-3-7-17(20)8-4-16/h3-10H,11-14H2,1-2H3,(H,21,23). The van der Waals surface area contributed by atoms with Crippen molar-refractivity contribution in [1.82, 2.24) is 9.62 Å². The fourth-order valence-corrected chi connectivity index (χ4v) is 3.22. The van der Waals surface area contributed by atoms with E-state index in [9.17, 15) is 17.6 Å². The summed E-state index contributed by atoms with van der Waals surface area (Å²) in [4.78, 5) is 12.1. The van der Waals surface area contributed by atoms with Gasteiger partial charge in [0.25, 0.3) is 0 Å². The predicted molar refractivity (Wildman–Crippen MR) is 101 cm³/mol. The lowest BCUT2D eigenvalue weighted by Crippen LogP contribution is -2.34. The molecule has 0 atom stereocenters. The fraction of sp³-hybridized carbons (Fsp3) is 0.316. The van der Waals surface area contributed by atoms with Gasteiger partial charge in [0.15, 0.2) is 0 Å². The summed E-state index contributed by atoms with van der Waals surface area (Å²) in [5.74, 6) is 0.0933. The molecule has 27 heavy (non-hydrogen) atoms. The van der Waals surface area contributed by atoms with Crippen LogP contribution in [0.1, 0.15) is 17.5 Å². The number of hydrogen-bond donors (Lipinski definition) is 1. The molecule has 0 spiro atoms. The van der Waals surface area contributed by atoms with Crippen LogP contribution in [0.3, 0.4) is 0 Å². The van der Waals surface area contributed by atoms with Crippen LogP contribution in [0.25, 0.3) is 0 Å². The normalized spacial score (nSPS) is 11.4. The van der Waals surface area contributed by atoms with Gasteiger partial charge in [-0.2, -0.15) is 4.31 Å². The molecule has 0 saturated carbocycles. The third kappa shape index (κ3) is 6.99. The minimum absolute atomic E-state index is 0.0322. The Morgan fingerprint density at radius 1 is 1.07 bits per heavy atom. The molecule has 0 fully saturated rings. The van der Waals surface area contributed by atoms with E-state index in [1.807, 2.05) is 12.1 Å². The lowest BCUT2D eigenvalue weighted by atomic mass is 10.2. The van der Waals surface area contributed by atoms with Crippen LogP contribution < -0.4 is 10.1 Å². The van der Waals surface area contributed by atoms with E-state index in [2.05, 4.69) is 5.32 Å². The van der Waals surface area contributed by atoms with E-state index in [0.29, 0.717) is 12.1 Å². The van der Waals surface area contributed by atoms with Gasteiger partial charge in [-0.25, -0.2) is 12.8 Å². The number of carbonyl (C=O) groups is 1. The molecule has 2 aromatic carbocycles. The molecule has 2 rings (SSSR count). The Morgan fingerprint density at radius 2 is 1.67 bits per heavy atom. The van der Waals surface area contributed by atoms with E-state index in [-0.39, 0.29) is 31.2 Å². The van der Waals surface area contributed by atoms with Crippen molar-refractivity contribution in [3.05, 3.63) is 65.5 Å².